The highest BCUT2D eigenvalue weighted by Gasteiger charge is 2.33. The second kappa shape index (κ2) is 43.7. The van der Waals surface area contributed by atoms with Gasteiger partial charge in [0.1, 0.15) is 12.6 Å². The molecule has 2 aliphatic heterocycles. The number of unbranched alkanes of at least 4 members (excludes halogenated alkanes) is 1. The summed E-state index contributed by atoms with van der Waals surface area (Å²) in [6.07, 6.45) is 3.05. The summed E-state index contributed by atoms with van der Waals surface area (Å²) in [5.74, 6) is -5.93. The van der Waals surface area contributed by atoms with Crippen LogP contribution in [-0.4, -0.2) is 241 Å². The van der Waals surface area contributed by atoms with Crippen molar-refractivity contribution < 1.29 is 100 Å². The van der Waals surface area contributed by atoms with E-state index in [-0.39, 0.29) is 90.3 Å². The van der Waals surface area contributed by atoms with Crippen molar-refractivity contribution in [1.29, 1.82) is 0 Å². The van der Waals surface area contributed by atoms with Crippen molar-refractivity contribution in [2.45, 2.75) is 63.8 Å². The summed E-state index contributed by atoms with van der Waals surface area (Å²) in [5, 5.41) is 13.0. The van der Waals surface area contributed by atoms with Crippen molar-refractivity contribution in [3.8, 4) is 0 Å². The highest BCUT2D eigenvalue weighted by molar-refractivity contribution is 6.12. The van der Waals surface area contributed by atoms with Crippen LogP contribution in [0.25, 0.3) is 0 Å². The molecule has 2 rings (SSSR count). The fourth-order valence-electron chi connectivity index (χ4n) is 6.26. The molecule has 0 aromatic rings. The van der Waals surface area contributed by atoms with E-state index in [0.717, 1.165) is 17.1 Å². The number of rotatable bonds is 49. The van der Waals surface area contributed by atoms with Gasteiger partial charge in [0.2, 0.25) is 29.5 Å². The summed E-state index contributed by atoms with van der Waals surface area (Å²) in [4.78, 5) is 127. The first-order valence-corrected chi connectivity index (χ1v) is 25.1. The first kappa shape index (κ1) is 65.6. The summed E-state index contributed by atoms with van der Waals surface area (Å²) < 4.78 is 53.7. The molecule has 0 aromatic heterocycles. The van der Waals surface area contributed by atoms with Gasteiger partial charge in [0, 0.05) is 64.6 Å². The van der Waals surface area contributed by atoms with E-state index in [2.05, 4.69) is 26.6 Å². The van der Waals surface area contributed by atoms with Gasteiger partial charge in [-0.2, -0.15) is 0 Å². The summed E-state index contributed by atoms with van der Waals surface area (Å²) >= 11 is 0. The van der Waals surface area contributed by atoms with E-state index < -0.39 is 72.4 Å². The Kier molecular flexibility index (Phi) is 38.2. The molecule has 1 fully saturated rings. The van der Waals surface area contributed by atoms with Crippen LogP contribution < -0.4 is 26.6 Å². The van der Waals surface area contributed by atoms with Crippen molar-refractivity contribution in [2.75, 3.05) is 165 Å². The molecule has 426 valence electrons. The highest BCUT2D eigenvalue weighted by Crippen LogP contribution is 2.13. The largest absolute Gasteiger partial charge is 0.382 e. The Morgan fingerprint density at radius 2 is 0.947 bits per heavy atom. The Bertz CT molecular complexity index is 1720. The fraction of sp³-hybridized carbons (Fsp3) is 0.745. The average Bonchev–Trinajstić information content (AvgIpc) is 3.89. The van der Waals surface area contributed by atoms with Crippen LogP contribution in [0.2, 0.25) is 0 Å². The number of imide groups is 2. The van der Waals surface area contributed by atoms with E-state index in [1.807, 2.05) is 0 Å². The lowest BCUT2D eigenvalue weighted by atomic mass is 10.1. The first-order chi connectivity index (χ1) is 36.4. The standard InChI is InChI=1S/C47H77N7O21/c1-65-16-17-66-18-19-67-20-21-68-22-23-69-24-25-70-26-27-71-28-29-72-30-31-73-32-33-74-36-41(58)48-13-3-2-6-37(47(64)49-14-4-8-46(63)75-54-44(61)11-12-45(54)62)52-40(57)35-51-39(56)34-50-38(55)7-5-15-53-42(59)9-10-43(53)60/h9-10,37H,2-8,11-36H2,1H3,(H,48,58)(H,49,64)(H,50,55)(H,51,56)(H,52,57)/t37-/m0/s1. The maximum absolute atomic E-state index is 13.1. The topological polar surface area (TPSA) is 339 Å². The van der Waals surface area contributed by atoms with Crippen LogP contribution >= 0.6 is 0 Å². The smallest absolute Gasteiger partial charge is 0.333 e. The minimum absolute atomic E-state index is 0.0229. The highest BCUT2D eigenvalue weighted by atomic mass is 16.7. The molecular weight excluding hydrogens is 999 g/mol. The molecule has 0 radical (unpaired) electrons. The van der Waals surface area contributed by atoms with E-state index in [1.165, 1.54) is 0 Å². The number of hydrogen-bond donors (Lipinski definition) is 5. The molecule has 1 saturated heterocycles. The molecule has 0 aliphatic carbocycles. The van der Waals surface area contributed by atoms with Gasteiger partial charge in [-0.1, -0.05) is 0 Å². The van der Waals surface area contributed by atoms with E-state index in [4.69, 9.17) is 52.2 Å². The minimum Gasteiger partial charge on any atom is -0.382 e. The van der Waals surface area contributed by atoms with Crippen LogP contribution in [-0.2, 0) is 100 Å². The molecule has 28 nitrogen and oxygen atoms in total. The SMILES string of the molecule is COCCOCCOCCOCCOCCOCCOCCOCCOCCOCC(=O)NCCCC[C@H](NC(=O)CNC(=O)CNC(=O)CCCN1C(=O)C=CC1=O)C(=O)NCCCC(=O)ON1C(=O)CCC1=O. The third kappa shape index (κ3) is 34.6. The molecule has 75 heavy (non-hydrogen) atoms. The first-order valence-electron chi connectivity index (χ1n) is 25.1. The fourth-order valence-corrected chi connectivity index (χ4v) is 6.26. The van der Waals surface area contributed by atoms with Crippen LogP contribution in [0.3, 0.4) is 0 Å². The number of carbonyl (C=O) groups is 10. The second-order valence-corrected chi connectivity index (χ2v) is 16.2. The van der Waals surface area contributed by atoms with Crippen LogP contribution in [0.5, 0.6) is 0 Å². The zero-order valence-electron chi connectivity index (χ0n) is 43.0. The number of methoxy groups -OCH3 is 1. The van der Waals surface area contributed by atoms with Gasteiger partial charge in [0.25, 0.3) is 23.6 Å². The Hall–Kier alpha value is -5.56. The molecule has 0 spiro atoms. The molecule has 0 bridgehead atoms. The van der Waals surface area contributed by atoms with Crippen LogP contribution in [0.15, 0.2) is 12.2 Å². The molecule has 2 aliphatic rings. The second-order valence-electron chi connectivity index (χ2n) is 16.2. The number of ether oxygens (including phenoxy) is 10. The van der Waals surface area contributed by atoms with Gasteiger partial charge >= 0.3 is 5.97 Å². The molecule has 1 atom stereocenters. The zero-order chi connectivity index (χ0) is 54.6. The molecule has 0 unspecified atom stereocenters. The van der Waals surface area contributed by atoms with Gasteiger partial charge in [0.05, 0.1) is 132 Å². The Labute approximate surface area is 436 Å². The summed E-state index contributed by atoms with van der Waals surface area (Å²) in [7, 11) is 1.62. The van der Waals surface area contributed by atoms with Crippen molar-refractivity contribution in [2.24, 2.45) is 0 Å². The Morgan fingerprint density at radius 1 is 0.493 bits per heavy atom. The number of carbonyl (C=O) groups excluding carboxylic acids is 10. The average molecular weight is 1080 g/mol. The minimum atomic E-state index is -1.08. The number of hydrogen-bond acceptors (Lipinski definition) is 21. The van der Waals surface area contributed by atoms with Crippen molar-refractivity contribution in [3.63, 3.8) is 0 Å². The lowest BCUT2D eigenvalue weighted by Crippen LogP contribution is -2.50. The van der Waals surface area contributed by atoms with E-state index in [9.17, 15) is 47.9 Å². The zero-order valence-corrected chi connectivity index (χ0v) is 43.0. The summed E-state index contributed by atoms with van der Waals surface area (Å²) in [5.41, 5.74) is 0. The Balaban J connectivity index is 1.51. The van der Waals surface area contributed by atoms with E-state index >= 15 is 0 Å². The summed E-state index contributed by atoms with van der Waals surface area (Å²) in [6.45, 7) is 6.72. The molecule has 5 N–H and O–H groups in total. The maximum Gasteiger partial charge on any atom is 0.333 e. The third-order valence-electron chi connectivity index (χ3n) is 10.2. The van der Waals surface area contributed by atoms with Gasteiger partial charge in [-0.25, -0.2) is 4.79 Å². The molecule has 0 aromatic carbocycles. The number of hydroxylamine groups is 2. The van der Waals surface area contributed by atoms with Crippen molar-refractivity contribution >= 4 is 59.1 Å². The van der Waals surface area contributed by atoms with E-state index in [1.54, 1.807) is 7.11 Å². The maximum atomic E-state index is 13.1. The predicted molar refractivity (Wildman–Crippen MR) is 259 cm³/mol. The van der Waals surface area contributed by atoms with E-state index in [0.29, 0.717) is 124 Å². The van der Waals surface area contributed by atoms with Crippen LogP contribution in [0.4, 0.5) is 0 Å². The third-order valence-corrected chi connectivity index (χ3v) is 10.2. The van der Waals surface area contributed by atoms with Crippen molar-refractivity contribution in [1.82, 2.24) is 36.5 Å². The lowest BCUT2D eigenvalue weighted by Gasteiger charge is -2.19. The summed E-state index contributed by atoms with van der Waals surface area (Å²) in [6, 6.07) is -1.08. The number of amides is 9. The van der Waals surface area contributed by atoms with Gasteiger partial charge in [-0.3, -0.25) is 48.1 Å². The predicted octanol–water partition coefficient (Wildman–Crippen LogP) is -3.01. The van der Waals surface area contributed by atoms with Crippen molar-refractivity contribution in [3.05, 3.63) is 12.2 Å². The van der Waals surface area contributed by atoms with Gasteiger partial charge < -0.3 is 78.8 Å². The number of nitrogens with zero attached hydrogens (tertiary/aromatic N) is 2. The molecule has 2 heterocycles. The number of nitrogens with one attached hydrogen (secondary N) is 5. The van der Waals surface area contributed by atoms with Gasteiger partial charge in [-0.15, -0.1) is 5.06 Å². The molecule has 28 heteroatoms. The van der Waals surface area contributed by atoms with Gasteiger partial charge in [0.15, 0.2) is 0 Å². The molecule has 9 amide bonds. The van der Waals surface area contributed by atoms with Gasteiger partial charge in [-0.05, 0) is 32.1 Å². The van der Waals surface area contributed by atoms with Crippen LogP contribution in [0, 0.1) is 0 Å². The molecular formula is C47H77N7O21. The molecule has 0 saturated carbocycles. The monoisotopic (exact) mass is 1080 g/mol. The Morgan fingerprint density at radius 3 is 1.45 bits per heavy atom. The lowest BCUT2D eigenvalue weighted by molar-refractivity contribution is -0.197. The quantitative estimate of drug-likeness (QED) is 0.0299. The normalized spacial score (nSPS) is 13.6. The van der Waals surface area contributed by atoms with Crippen LogP contribution in [0.1, 0.15) is 57.8 Å².